The number of carbonyl (C=O) groups is 2. The van der Waals surface area contributed by atoms with Gasteiger partial charge in [-0.25, -0.2) is 4.79 Å². The highest BCUT2D eigenvalue weighted by molar-refractivity contribution is 5.98. The molecule has 0 spiro atoms. The Morgan fingerprint density at radius 2 is 2.05 bits per heavy atom. The van der Waals surface area contributed by atoms with Gasteiger partial charge in [0, 0.05) is 5.56 Å². The van der Waals surface area contributed by atoms with E-state index in [1.165, 1.54) is 5.56 Å². The third kappa shape index (κ3) is 3.18. The number of aryl methyl sites for hydroxylation is 1. The molecule has 4 heteroatoms. The molecule has 0 aliphatic heterocycles. The Labute approximate surface area is 119 Å². The van der Waals surface area contributed by atoms with Gasteiger partial charge in [-0.3, -0.25) is 4.79 Å². The molecule has 0 saturated carbocycles. The number of amides is 1. The van der Waals surface area contributed by atoms with Crippen molar-refractivity contribution in [1.29, 1.82) is 0 Å². The quantitative estimate of drug-likeness (QED) is 0.867. The zero-order valence-electron chi connectivity index (χ0n) is 12.0. The van der Waals surface area contributed by atoms with E-state index in [0.29, 0.717) is 12.0 Å². The summed E-state index contributed by atoms with van der Waals surface area (Å²) < 4.78 is 0. The largest absolute Gasteiger partial charge is 0.480 e. The molecule has 0 unspecified atom stereocenters. The second kappa shape index (κ2) is 6.07. The van der Waals surface area contributed by atoms with E-state index in [9.17, 15) is 14.7 Å². The Kier molecular flexibility index (Phi) is 4.42. The van der Waals surface area contributed by atoms with Gasteiger partial charge < -0.3 is 10.4 Å². The van der Waals surface area contributed by atoms with Crippen molar-refractivity contribution in [2.45, 2.75) is 45.6 Å². The van der Waals surface area contributed by atoms with Crippen molar-refractivity contribution in [2.24, 2.45) is 5.92 Å². The molecule has 0 heterocycles. The fourth-order valence-corrected chi connectivity index (χ4v) is 2.76. The number of fused-ring (bicyclic) bond motifs is 1. The van der Waals surface area contributed by atoms with Gasteiger partial charge in [-0.1, -0.05) is 26.0 Å². The molecule has 4 nitrogen and oxygen atoms in total. The predicted molar refractivity (Wildman–Crippen MR) is 76.8 cm³/mol. The molecule has 1 atom stereocenters. The van der Waals surface area contributed by atoms with Crippen LogP contribution in [0, 0.1) is 5.92 Å². The molecule has 1 aromatic carbocycles. The normalized spacial score (nSPS) is 14.9. The highest BCUT2D eigenvalue weighted by Crippen LogP contribution is 2.25. The summed E-state index contributed by atoms with van der Waals surface area (Å²) in [5.74, 6) is -1.02. The van der Waals surface area contributed by atoms with Gasteiger partial charge in [0.05, 0.1) is 0 Å². The number of carboxylic acid groups (broad SMARTS) is 1. The molecule has 0 radical (unpaired) electrons. The molecule has 1 aromatic rings. The zero-order valence-corrected chi connectivity index (χ0v) is 12.0. The molecule has 2 N–H and O–H groups in total. The number of carboxylic acids is 1. The van der Waals surface area contributed by atoms with Crippen molar-refractivity contribution in [1.82, 2.24) is 5.32 Å². The highest BCUT2D eigenvalue weighted by atomic mass is 16.4. The summed E-state index contributed by atoms with van der Waals surface area (Å²) in [4.78, 5) is 23.5. The zero-order chi connectivity index (χ0) is 14.7. The first kappa shape index (κ1) is 14.6. The minimum absolute atomic E-state index is 0.220. The van der Waals surface area contributed by atoms with Crippen molar-refractivity contribution < 1.29 is 14.7 Å². The van der Waals surface area contributed by atoms with E-state index in [1.54, 1.807) is 6.07 Å². The maximum atomic E-state index is 12.3. The number of benzene rings is 1. The maximum absolute atomic E-state index is 12.3. The highest BCUT2D eigenvalue weighted by Gasteiger charge is 2.24. The van der Waals surface area contributed by atoms with E-state index in [4.69, 9.17) is 0 Å². The van der Waals surface area contributed by atoms with Gasteiger partial charge in [-0.15, -0.1) is 0 Å². The van der Waals surface area contributed by atoms with Crippen LogP contribution < -0.4 is 5.32 Å². The second-order valence-corrected chi connectivity index (χ2v) is 5.79. The molecule has 1 aliphatic carbocycles. The maximum Gasteiger partial charge on any atom is 0.326 e. The van der Waals surface area contributed by atoms with Gasteiger partial charge in [-0.2, -0.15) is 0 Å². The third-order valence-corrected chi connectivity index (χ3v) is 3.70. The summed E-state index contributed by atoms with van der Waals surface area (Å²) in [6.07, 6.45) is 3.41. The molecule has 0 saturated heterocycles. The van der Waals surface area contributed by atoms with Gasteiger partial charge in [0.2, 0.25) is 0 Å². The SMILES string of the molecule is CC(C)C[C@H](NC(=O)c1cccc2c1CCC2)C(=O)O. The number of rotatable bonds is 5. The number of hydrogen-bond donors (Lipinski definition) is 2. The van der Waals surface area contributed by atoms with Crippen LogP contribution in [0.1, 0.15) is 48.2 Å². The Morgan fingerprint density at radius 1 is 1.30 bits per heavy atom. The van der Waals surface area contributed by atoms with E-state index < -0.39 is 12.0 Å². The number of nitrogens with one attached hydrogen (secondary N) is 1. The van der Waals surface area contributed by atoms with Crippen LogP contribution in [0.5, 0.6) is 0 Å². The molecule has 1 aliphatic rings. The first-order chi connectivity index (χ1) is 9.49. The van der Waals surface area contributed by atoms with Gasteiger partial charge in [0.25, 0.3) is 5.91 Å². The lowest BCUT2D eigenvalue weighted by atomic mass is 10.0. The van der Waals surface area contributed by atoms with Crippen molar-refractivity contribution >= 4 is 11.9 Å². The number of aliphatic carboxylic acids is 1. The average Bonchev–Trinajstić information content (AvgIpc) is 2.84. The van der Waals surface area contributed by atoms with Crippen molar-refractivity contribution in [3.63, 3.8) is 0 Å². The van der Waals surface area contributed by atoms with Gasteiger partial charge in [-0.05, 0) is 48.8 Å². The molecule has 20 heavy (non-hydrogen) atoms. The molecular weight excluding hydrogens is 254 g/mol. The average molecular weight is 275 g/mol. The van der Waals surface area contributed by atoms with Gasteiger partial charge in [0.15, 0.2) is 0 Å². The van der Waals surface area contributed by atoms with Crippen LogP contribution >= 0.6 is 0 Å². The van der Waals surface area contributed by atoms with Gasteiger partial charge in [0.1, 0.15) is 6.04 Å². The molecule has 0 fully saturated rings. The Hall–Kier alpha value is -1.84. The Morgan fingerprint density at radius 3 is 2.70 bits per heavy atom. The van der Waals surface area contributed by atoms with Crippen LogP contribution in [0.4, 0.5) is 0 Å². The standard InChI is InChI=1S/C16H21NO3/c1-10(2)9-14(16(19)20)17-15(18)13-8-4-6-11-5-3-7-12(11)13/h4,6,8,10,14H,3,5,7,9H2,1-2H3,(H,17,18)(H,19,20)/t14-/m0/s1. The van der Waals surface area contributed by atoms with Crippen molar-refractivity contribution in [3.8, 4) is 0 Å². The van der Waals surface area contributed by atoms with Crippen LogP contribution in [0.3, 0.4) is 0 Å². The fourth-order valence-electron chi connectivity index (χ4n) is 2.76. The first-order valence-corrected chi connectivity index (χ1v) is 7.13. The summed E-state index contributed by atoms with van der Waals surface area (Å²) in [5.41, 5.74) is 2.93. The first-order valence-electron chi connectivity index (χ1n) is 7.13. The molecule has 2 rings (SSSR count). The summed E-state index contributed by atoms with van der Waals surface area (Å²) in [5, 5.41) is 11.9. The van der Waals surface area contributed by atoms with Gasteiger partial charge >= 0.3 is 5.97 Å². The molecule has 1 amide bonds. The molecule has 0 aromatic heterocycles. The fraction of sp³-hybridized carbons (Fsp3) is 0.500. The lowest BCUT2D eigenvalue weighted by molar-refractivity contribution is -0.139. The molecule has 0 bridgehead atoms. The van der Waals surface area contributed by atoms with E-state index in [0.717, 1.165) is 24.8 Å². The van der Waals surface area contributed by atoms with Crippen LogP contribution in [0.15, 0.2) is 18.2 Å². The van der Waals surface area contributed by atoms with Crippen LogP contribution in [-0.2, 0) is 17.6 Å². The molecule has 108 valence electrons. The van der Waals surface area contributed by atoms with Crippen molar-refractivity contribution in [2.75, 3.05) is 0 Å². The summed E-state index contributed by atoms with van der Waals surface area (Å²) in [6.45, 7) is 3.89. The lowest BCUT2D eigenvalue weighted by Gasteiger charge is -2.17. The van der Waals surface area contributed by atoms with Crippen molar-refractivity contribution in [3.05, 3.63) is 34.9 Å². The Bertz CT molecular complexity index is 522. The summed E-state index contributed by atoms with van der Waals surface area (Å²) in [7, 11) is 0. The summed E-state index contributed by atoms with van der Waals surface area (Å²) >= 11 is 0. The monoisotopic (exact) mass is 275 g/mol. The van der Waals surface area contributed by atoms with E-state index >= 15 is 0 Å². The second-order valence-electron chi connectivity index (χ2n) is 5.79. The smallest absolute Gasteiger partial charge is 0.326 e. The van der Waals surface area contributed by atoms with E-state index in [-0.39, 0.29) is 11.8 Å². The number of carbonyl (C=O) groups excluding carboxylic acids is 1. The number of hydrogen-bond acceptors (Lipinski definition) is 2. The van der Waals surface area contributed by atoms with E-state index in [2.05, 4.69) is 5.32 Å². The van der Waals surface area contributed by atoms with Crippen LogP contribution in [0.2, 0.25) is 0 Å². The van der Waals surface area contributed by atoms with Crippen LogP contribution in [0.25, 0.3) is 0 Å². The topological polar surface area (TPSA) is 66.4 Å². The summed E-state index contributed by atoms with van der Waals surface area (Å²) in [6, 6.07) is 4.88. The Balaban J connectivity index is 2.15. The minimum atomic E-state index is -0.973. The lowest BCUT2D eigenvalue weighted by Crippen LogP contribution is -2.41. The third-order valence-electron chi connectivity index (χ3n) is 3.70. The van der Waals surface area contributed by atoms with E-state index in [1.807, 2.05) is 26.0 Å². The minimum Gasteiger partial charge on any atom is -0.480 e. The van der Waals surface area contributed by atoms with Crippen LogP contribution in [-0.4, -0.2) is 23.0 Å². The predicted octanol–water partition coefficient (Wildman–Crippen LogP) is 2.40. The molecular formula is C16H21NO3.